The lowest BCUT2D eigenvalue weighted by atomic mass is 10.0. The van der Waals surface area contributed by atoms with Gasteiger partial charge in [0.15, 0.2) is 5.78 Å². The zero-order chi connectivity index (χ0) is 26.0. The second-order valence-electron chi connectivity index (χ2n) is 9.33. The summed E-state index contributed by atoms with van der Waals surface area (Å²) in [5.41, 5.74) is 2.36. The molecule has 4 rings (SSSR count). The molecule has 0 saturated carbocycles. The predicted molar refractivity (Wildman–Crippen MR) is 134 cm³/mol. The summed E-state index contributed by atoms with van der Waals surface area (Å²) >= 11 is 0. The third-order valence-corrected chi connectivity index (χ3v) is 5.28. The predicted octanol–water partition coefficient (Wildman–Crippen LogP) is 3.99. The van der Waals surface area contributed by atoms with Crippen molar-refractivity contribution in [3.05, 3.63) is 66.4 Å². The normalized spacial score (nSPS) is 11.4. The lowest BCUT2D eigenvalue weighted by Crippen LogP contribution is -2.26. The number of nitrogens with one attached hydrogen (secondary N) is 1. The molecular formula is C26H26N6O4. The van der Waals surface area contributed by atoms with E-state index in [1.807, 2.05) is 0 Å². The third kappa shape index (κ3) is 5.43. The van der Waals surface area contributed by atoms with Crippen LogP contribution in [0, 0.1) is 6.92 Å². The molecule has 0 unspecified atom stereocenters. The summed E-state index contributed by atoms with van der Waals surface area (Å²) in [4.78, 5) is 54.4. The molecule has 0 aliphatic heterocycles. The summed E-state index contributed by atoms with van der Waals surface area (Å²) < 4.78 is 7.12. The molecule has 3 aromatic heterocycles. The lowest BCUT2D eigenvalue weighted by Gasteiger charge is -2.20. The van der Waals surface area contributed by atoms with Gasteiger partial charge in [-0.25, -0.2) is 19.9 Å². The minimum absolute atomic E-state index is 0.103. The van der Waals surface area contributed by atoms with Crippen LogP contribution in [0.15, 0.2) is 49.4 Å². The minimum Gasteiger partial charge on any atom is -0.459 e. The van der Waals surface area contributed by atoms with Crippen molar-refractivity contribution in [1.82, 2.24) is 24.5 Å². The second kappa shape index (κ2) is 9.65. The molecule has 4 aromatic rings. The molecule has 3 heterocycles. The maximum Gasteiger partial charge on any atom is 0.326 e. The monoisotopic (exact) mass is 486 g/mol. The zero-order valence-corrected chi connectivity index (χ0v) is 20.7. The number of hydrogen-bond donors (Lipinski definition) is 1. The Hall–Kier alpha value is -4.47. The molecule has 0 bridgehead atoms. The number of benzene rings is 1. The number of fused-ring (bicyclic) bond motifs is 1. The summed E-state index contributed by atoms with van der Waals surface area (Å²) in [6, 6.07) is 3.52. The smallest absolute Gasteiger partial charge is 0.326 e. The van der Waals surface area contributed by atoms with Crippen molar-refractivity contribution in [2.75, 3.05) is 5.32 Å². The SMILES string of the molecule is CC(=O)c1cn(CC(=O)OC(C)(C)C)c2cc(NC(=O)c3cncnc3)c(-c3cnc(C)nc3)cc12. The fourth-order valence-corrected chi connectivity index (χ4v) is 3.75. The van der Waals surface area contributed by atoms with Crippen LogP contribution in [0.25, 0.3) is 22.0 Å². The molecule has 0 fully saturated rings. The van der Waals surface area contributed by atoms with E-state index in [2.05, 4.69) is 25.3 Å². The maximum absolute atomic E-state index is 13.0. The van der Waals surface area contributed by atoms with Gasteiger partial charge in [-0.05, 0) is 46.8 Å². The first-order chi connectivity index (χ1) is 17.0. The van der Waals surface area contributed by atoms with Gasteiger partial charge in [0.25, 0.3) is 5.91 Å². The number of anilines is 1. The van der Waals surface area contributed by atoms with E-state index in [0.29, 0.717) is 39.1 Å². The second-order valence-corrected chi connectivity index (χ2v) is 9.33. The number of amides is 1. The Balaban J connectivity index is 1.87. The lowest BCUT2D eigenvalue weighted by molar-refractivity contribution is -0.155. The van der Waals surface area contributed by atoms with Gasteiger partial charge in [0.2, 0.25) is 0 Å². The Morgan fingerprint density at radius 1 is 1.03 bits per heavy atom. The van der Waals surface area contributed by atoms with Crippen LogP contribution in [0.3, 0.4) is 0 Å². The van der Waals surface area contributed by atoms with Crippen molar-refractivity contribution < 1.29 is 19.1 Å². The van der Waals surface area contributed by atoms with Gasteiger partial charge in [-0.15, -0.1) is 0 Å². The van der Waals surface area contributed by atoms with E-state index in [-0.39, 0.29) is 17.9 Å². The standard InChI is InChI=1S/C26H26N6O4/c1-15(33)21-12-32(13-24(34)36-26(3,4)5)23-7-22(31-25(35)18-8-27-14-28-9-18)19(6-20(21)23)17-10-29-16(2)30-11-17/h6-12,14H,13H2,1-5H3,(H,31,35). The quantitative estimate of drug-likeness (QED) is 0.320. The molecule has 0 aliphatic carbocycles. The van der Waals surface area contributed by atoms with Crippen molar-refractivity contribution in [3.63, 3.8) is 0 Å². The molecule has 1 amide bonds. The first kappa shape index (κ1) is 24.6. The Labute approximate surface area is 207 Å². The van der Waals surface area contributed by atoms with Crippen LogP contribution in [-0.4, -0.2) is 47.8 Å². The minimum atomic E-state index is -0.654. The molecule has 0 aliphatic rings. The molecule has 0 atom stereocenters. The summed E-state index contributed by atoms with van der Waals surface area (Å²) in [5, 5.41) is 3.53. The summed E-state index contributed by atoms with van der Waals surface area (Å²) in [7, 11) is 0. The number of ketones is 1. The summed E-state index contributed by atoms with van der Waals surface area (Å²) in [6.07, 6.45) is 9.09. The summed E-state index contributed by atoms with van der Waals surface area (Å²) in [6.45, 7) is 8.50. The summed E-state index contributed by atoms with van der Waals surface area (Å²) in [5.74, 6) is -0.425. The number of Topliss-reactive ketones (excluding diaryl/α,β-unsaturated/α-hetero) is 1. The molecule has 0 spiro atoms. The molecule has 0 saturated heterocycles. The van der Waals surface area contributed by atoms with Gasteiger partial charge in [0.05, 0.1) is 16.8 Å². The van der Waals surface area contributed by atoms with Crippen LogP contribution in [0.1, 0.15) is 54.2 Å². The molecule has 1 aromatic carbocycles. The molecule has 0 radical (unpaired) electrons. The van der Waals surface area contributed by atoms with Gasteiger partial charge in [-0.3, -0.25) is 14.4 Å². The number of ether oxygens (including phenoxy) is 1. The van der Waals surface area contributed by atoms with E-state index in [1.165, 1.54) is 25.6 Å². The first-order valence-corrected chi connectivity index (χ1v) is 11.3. The number of carbonyl (C=O) groups is 3. The highest BCUT2D eigenvalue weighted by Gasteiger charge is 2.22. The Bertz CT molecular complexity index is 1450. The molecule has 36 heavy (non-hydrogen) atoms. The van der Waals surface area contributed by atoms with Gasteiger partial charge in [0.1, 0.15) is 24.3 Å². The number of rotatable bonds is 6. The van der Waals surface area contributed by atoms with E-state index in [9.17, 15) is 14.4 Å². The average Bonchev–Trinajstić information content (AvgIpc) is 3.16. The van der Waals surface area contributed by atoms with Gasteiger partial charge in [-0.1, -0.05) is 0 Å². The first-order valence-electron chi connectivity index (χ1n) is 11.3. The van der Waals surface area contributed by atoms with E-state index < -0.39 is 17.5 Å². The van der Waals surface area contributed by atoms with E-state index >= 15 is 0 Å². The van der Waals surface area contributed by atoms with Crippen molar-refractivity contribution in [1.29, 1.82) is 0 Å². The van der Waals surface area contributed by atoms with Crippen molar-refractivity contribution >= 4 is 34.3 Å². The third-order valence-electron chi connectivity index (χ3n) is 5.28. The van der Waals surface area contributed by atoms with E-state index in [4.69, 9.17) is 4.74 Å². The van der Waals surface area contributed by atoms with Gasteiger partial charge < -0.3 is 14.6 Å². The van der Waals surface area contributed by atoms with Crippen LogP contribution in [0.4, 0.5) is 5.69 Å². The Morgan fingerprint density at radius 3 is 2.31 bits per heavy atom. The number of esters is 1. The van der Waals surface area contributed by atoms with E-state index in [1.54, 1.807) is 63.0 Å². The van der Waals surface area contributed by atoms with Gasteiger partial charge in [0, 0.05) is 53.1 Å². The molecule has 184 valence electrons. The Kier molecular flexibility index (Phi) is 6.61. The molecular weight excluding hydrogens is 460 g/mol. The zero-order valence-electron chi connectivity index (χ0n) is 20.7. The average molecular weight is 487 g/mol. The van der Waals surface area contributed by atoms with Gasteiger partial charge >= 0.3 is 5.97 Å². The maximum atomic E-state index is 13.0. The number of aromatic nitrogens is 5. The number of aryl methyl sites for hydroxylation is 1. The van der Waals surface area contributed by atoms with Crippen LogP contribution in [-0.2, 0) is 16.1 Å². The largest absolute Gasteiger partial charge is 0.459 e. The van der Waals surface area contributed by atoms with Crippen molar-refractivity contribution in [3.8, 4) is 11.1 Å². The topological polar surface area (TPSA) is 129 Å². The highest BCUT2D eigenvalue weighted by Crippen LogP contribution is 2.35. The number of carbonyl (C=O) groups excluding carboxylic acids is 3. The highest BCUT2D eigenvalue weighted by molar-refractivity contribution is 6.12. The van der Waals surface area contributed by atoms with Crippen LogP contribution >= 0.6 is 0 Å². The van der Waals surface area contributed by atoms with E-state index in [0.717, 1.165) is 0 Å². The van der Waals surface area contributed by atoms with Gasteiger partial charge in [-0.2, -0.15) is 0 Å². The fraction of sp³-hybridized carbons (Fsp3) is 0.269. The van der Waals surface area contributed by atoms with Crippen molar-refractivity contribution in [2.45, 2.75) is 46.8 Å². The highest BCUT2D eigenvalue weighted by atomic mass is 16.6. The van der Waals surface area contributed by atoms with Crippen LogP contribution < -0.4 is 5.32 Å². The molecule has 1 N–H and O–H groups in total. The van der Waals surface area contributed by atoms with Crippen LogP contribution in [0.2, 0.25) is 0 Å². The Morgan fingerprint density at radius 2 is 1.69 bits per heavy atom. The van der Waals surface area contributed by atoms with Crippen molar-refractivity contribution in [2.24, 2.45) is 0 Å². The van der Waals surface area contributed by atoms with Crippen LogP contribution in [0.5, 0.6) is 0 Å². The molecule has 10 heteroatoms. The number of hydrogen-bond acceptors (Lipinski definition) is 8. The molecule has 10 nitrogen and oxygen atoms in total. The number of nitrogens with zero attached hydrogens (tertiary/aromatic N) is 5. The fourth-order valence-electron chi connectivity index (χ4n) is 3.75.